The number of aromatic nitrogens is 1. The number of rotatable bonds is 8. The van der Waals surface area contributed by atoms with Crippen LogP contribution in [0.2, 0.25) is 0 Å². The Bertz CT molecular complexity index is 1600. The second-order valence-corrected chi connectivity index (χ2v) is 11.1. The number of nitrogens with one attached hydrogen (secondary N) is 2. The van der Waals surface area contributed by atoms with Gasteiger partial charge in [0.2, 0.25) is 5.91 Å². The van der Waals surface area contributed by atoms with Crippen molar-refractivity contribution in [2.75, 3.05) is 10.6 Å². The Kier molecular flexibility index (Phi) is 8.20. The number of amides is 2. The van der Waals surface area contributed by atoms with E-state index >= 15 is 0 Å². The lowest BCUT2D eigenvalue weighted by Gasteiger charge is -2.17. The molecule has 39 heavy (non-hydrogen) atoms. The summed E-state index contributed by atoms with van der Waals surface area (Å²) in [7, 11) is 0. The maximum Gasteiger partial charge on any atom is 0.255 e. The molecule has 0 fully saturated rings. The van der Waals surface area contributed by atoms with Crippen LogP contribution in [0.5, 0.6) is 0 Å². The van der Waals surface area contributed by atoms with Gasteiger partial charge in [0.1, 0.15) is 5.25 Å². The third-order valence-corrected chi connectivity index (χ3v) is 8.16. The van der Waals surface area contributed by atoms with Crippen LogP contribution in [0.15, 0.2) is 113 Å². The highest BCUT2D eigenvalue weighted by molar-refractivity contribution is 8.00. The lowest BCUT2D eigenvalue weighted by molar-refractivity contribution is -0.115. The molecule has 7 heteroatoms. The van der Waals surface area contributed by atoms with Gasteiger partial charge >= 0.3 is 0 Å². The number of carbonyl (C=O) groups is 2. The van der Waals surface area contributed by atoms with Crippen molar-refractivity contribution in [2.45, 2.75) is 24.0 Å². The minimum atomic E-state index is -0.514. The maximum atomic E-state index is 13.6. The van der Waals surface area contributed by atoms with Gasteiger partial charge in [-0.3, -0.25) is 9.59 Å². The van der Waals surface area contributed by atoms with E-state index in [2.05, 4.69) is 15.6 Å². The maximum absolute atomic E-state index is 13.6. The van der Waals surface area contributed by atoms with Gasteiger partial charge < -0.3 is 10.6 Å². The van der Waals surface area contributed by atoms with Gasteiger partial charge in [0.15, 0.2) is 5.13 Å². The topological polar surface area (TPSA) is 71.1 Å². The van der Waals surface area contributed by atoms with E-state index in [0.29, 0.717) is 16.4 Å². The number of thiazole rings is 1. The van der Waals surface area contributed by atoms with Crippen LogP contribution < -0.4 is 10.6 Å². The summed E-state index contributed by atoms with van der Waals surface area (Å²) in [5.41, 5.74) is 6.11. The average molecular weight is 550 g/mol. The van der Waals surface area contributed by atoms with Crippen LogP contribution in [0.1, 0.15) is 32.3 Å². The zero-order chi connectivity index (χ0) is 27.2. The van der Waals surface area contributed by atoms with Crippen molar-refractivity contribution in [3.05, 3.63) is 131 Å². The van der Waals surface area contributed by atoms with E-state index in [0.717, 1.165) is 27.3 Å². The predicted octanol–water partition coefficient (Wildman–Crippen LogP) is 8.15. The quantitative estimate of drug-likeness (QED) is 0.192. The van der Waals surface area contributed by atoms with E-state index in [-0.39, 0.29) is 11.8 Å². The molecule has 0 spiro atoms. The number of aryl methyl sites for hydroxylation is 2. The van der Waals surface area contributed by atoms with E-state index in [1.807, 2.05) is 122 Å². The van der Waals surface area contributed by atoms with Crippen LogP contribution in [0.4, 0.5) is 10.8 Å². The van der Waals surface area contributed by atoms with Gasteiger partial charge in [-0.25, -0.2) is 4.98 Å². The van der Waals surface area contributed by atoms with Gasteiger partial charge in [-0.1, -0.05) is 84.4 Å². The highest BCUT2D eigenvalue weighted by Gasteiger charge is 2.23. The normalized spacial score (nSPS) is 11.5. The monoisotopic (exact) mass is 549 g/mol. The predicted molar refractivity (Wildman–Crippen MR) is 162 cm³/mol. The van der Waals surface area contributed by atoms with Gasteiger partial charge in [-0.15, -0.1) is 23.1 Å². The molecule has 0 aliphatic carbocycles. The van der Waals surface area contributed by atoms with Crippen LogP contribution in [0, 0.1) is 13.8 Å². The van der Waals surface area contributed by atoms with Crippen molar-refractivity contribution < 1.29 is 9.59 Å². The number of thioether (sulfide) groups is 1. The number of benzene rings is 4. The van der Waals surface area contributed by atoms with Crippen molar-refractivity contribution in [3.8, 4) is 11.3 Å². The number of carbonyl (C=O) groups excluding carboxylic acids is 2. The summed E-state index contributed by atoms with van der Waals surface area (Å²) in [6.07, 6.45) is 0. The molecule has 1 unspecified atom stereocenters. The fraction of sp³-hybridized carbons (Fsp3) is 0.0938. The second kappa shape index (κ2) is 12.1. The molecule has 0 aliphatic rings. The van der Waals surface area contributed by atoms with E-state index in [4.69, 9.17) is 0 Å². The number of anilines is 2. The SMILES string of the molecule is Cc1ccc(-c2csc(NC(=O)C(Sc3cccc(NC(=O)c4ccccc4C)c3)c3ccccc3)n2)cc1. The Morgan fingerprint density at radius 2 is 1.56 bits per heavy atom. The van der Waals surface area contributed by atoms with Gasteiger partial charge in [0.05, 0.1) is 5.69 Å². The summed E-state index contributed by atoms with van der Waals surface area (Å²) in [6, 6.07) is 32.9. The van der Waals surface area contributed by atoms with Crippen LogP contribution in [-0.4, -0.2) is 16.8 Å². The molecule has 5 rings (SSSR count). The fourth-order valence-corrected chi connectivity index (χ4v) is 5.88. The lowest BCUT2D eigenvalue weighted by Crippen LogP contribution is -2.19. The van der Waals surface area contributed by atoms with Gasteiger partial charge in [-0.05, 0) is 49.2 Å². The molecule has 1 atom stereocenters. The lowest BCUT2D eigenvalue weighted by atomic mass is 10.1. The molecule has 5 nitrogen and oxygen atoms in total. The number of hydrogen-bond acceptors (Lipinski definition) is 5. The average Bonchev–Trinajstić information content (AvgIpc) is 3.41. The summed E-state index contributed by atoms with van der Waals surface area (Å²) in [5, 5.41) is 7.99. The largest absolute Gasteiger partial charge is 0.322 e. The first kappa shape index (κ1) is 26.4. The molecule has 4 aromatic carbocycles. The molecular weight excluding hydrogens is 523 g/mol. The van der Waals surface area contributed by atoms with Crippen LogP contribution >= 0.6 is 23.1 Å². The minimum absolute atomic E-state index is 0.162. The van der Waals surface area contributed by atoms with Crippen LogP contribution in [0.3, 0.4) is 0 Å². The molecule has 0 aliphatic heterocycles. The van der Waals surface area contributed by atoms with Crippen molar-refractivity contribution in [3.63, 3.8) is 0 Å². The smallest absolute Gasteiger partial charge is 0.255 e. The van der Waals surface area contributed by atoms with Crippen LogP contribution in [-0.2, 0) is 4.79 Å². The van der Waals surface area contributed by atoms with E-state index < -0.39 is 5.25 Å². The van der Waals surface area contributed by atoms with Crippen LogP contribution in [0.25, 0.3) is 11.3 Å². The summed E-state index contributed by atoms with van der Waals surface area (Å²) >= 11 is 2.83. The summed E-state index contributed by atoms with van der Waals surface area (Å²) in [6.45, 7) is 3.96. The van der Waals surface area contributed by atoms with Gasteiger partial charge in [0.25, 0.3) is 5.91 Å². The first-order valence-electron chi connectivity index (χ1n) is 12.5. The fourth-order valence-electron chi connectivity index (χ4n) is 4.07. The van der Waals surface area contributed by atoms with Gasteiger partial charge in [-0.2, -0.15) is 0 Å². The first-order valence-corrected chi connectivity index (χ1v) is 14.2. The zero-order valence-corrected chi connectivity index (χ0v) is 23.2. The Morgan fingerprint density at radius 3 is 2.33 bits per heavy atom. The van der Waals surface area contributed by atoms with E-state index in [1.54, 1.807) is 0 Å². The third-order valence-electron chi connectivity index (χ3n) is 6.16. The minimum Gasteiger partial charge on any atom is -0.322 e. The summed E-state index contributed by atoms with van der Waals surface area (Å²) < 4.78 is 0. The third kappa shape index (κ3) is 6.63. The summed E-state index contributed by atoms with van der Waals surface area (Å²) in [5.74, 6) is -0.328. The molecule has 0 bridgehead atoms. The second-order valence-electron chi connectivity index (χ2n) is 9.10. The Hall–Kier alpha value is -4.20. The van der Waals surface area contributed by atoms with Crippen molar-refractivity contribution in [2.24, 2.45) is 0 Å². The molecule has 0 radical (unpaired) electrons. The number of nitrogens with zero attached hydrogens (tertiary/aromatic N) is 1. The standard InChI is InChI=1S/C32H27N3O2S2/c1-21-15-17-23(18-16-21)28-20-38-32(34-28)35-31(37)29(24-10-4-3-5-11-24)39-26-13-8-12-25(19-26)33-30(36)27-14-7-6-9-22(27)2/h3-20,29H,1-2H3,(H,33,36)(H,34,35,37). The highest BCUT2D eigenvalue weighted by atomic mass is 32.2. The highest BCUT2D eigenvalue weighted by Crippen LogP contribution is 2.38. The van der Waals surface area contributed by atoms with Crippen molar-refractivity contribution in [1.29, 1.82) is 0 Å². The molecule has 2 N–H and O–H groups in total. The molecular formula is C32H27N3O2S2. The summed E-state index contributed by atoms with van der Waals surface area (Å²) in [4.78, 5) is 31.9. The zero-order valence-electron chi connectivity index (χ0n) is 21.5. The Labute approximate surface area is 236 Å². The van der Waals surface area contributed by atoms with Gasteiger partial charge in [0, 0.05) is 27.1 Å². The molecule has 194 valence electrons. The number of hydrogen-bond donors (Lipinski definition) is 2. The van der Waals surface area contributed by atoms with E-state index in [1.165, 1.54) is 28.7 Å². The Balaban J connectivity index is 1.34. The molecule has 5 aromatic rings. The van der Waals surface area contributed by atoms with E-state index in [9.17, 15) is 9.59 Å². The molecule has 0 saturated heterocycles. The first-order chi connectivity index (χ1) is 19.0. The Morgan fingerprint density at radius 1 is 0.821 bits per heavy atom. The van der Waals surface area contributed by atoms with Crippen molar-refractivity contribution in [1.82, 2.24) is 4.98 Å². The molecule has 2 amide bonds. The molecule has 1 heterocycles. The molecule has 0 saturated carbocycles. The van der Waals surface area contributed by atoms with Crippen molar-refractivity contribution >= 4 is 45.7 Å². The molecule has 1 aromatic heterocycles.